The van der Waals surface area contributed by atoms with Gasteiger partial charge in [-0.1, -0.05) is 13.8 Å². The Morgan fingerprint density at radius 1 is 0.906 bits per heavy atom. The molecule has 2 aliphatic heterocycles. The Bertz CT molecular complexity index is 2180. The molecule has 4 heterocycles. The van der Waals surface area contributed by atoms with Crippen LogP contribution in [-0.4, -0.2) is 164 Å². The van der Waals surface area contributed by atoms with Crippen LogP contribution >= 0.6 is 52.2 Å². The second kappa shape index (κ2) is 22.4. The van der Waals surface area contributed by atoms with Gasteiger partial charge in [0.1, 0.15) is 54.6 Å². The Morgan fingerprint density at radius 2 is 1.50 bits per heavy atom. The monoisotopic (exact) mass is 1040 g/mol. The molecule has 2 aromatic rings. The lowest BCUT2D eigenvalue weighted by Gasteiger charge is -2.30. The van der Waals surface area contributed by atoms with E-state index in [-0.39, 0.29) is 36.5 Å². The number of rotatable bonds is 25. The van der Waals surface area contributed by atoms with Gasteiger partial charge in [0.25, 0.3) is 0 Å². The van der Waals surface area contributed by atoms with Crippen molar-refractivity contribution in [1.82, 2.24) is 30.2 Å². The summed E-state index contributed by atoms with van der Waals surface area (Å²) in [6.07, 6.45) is -14.8. The Morgan fingerprint density at radius 3 is 2.11 bits per heavy atom. The number of amides is 2. The molecule has 0 radical (unpaired) electrons. The second-order valence-corrected chi connectivity index (χ2v) is 21.4. The van der Waals surface area contributed by atoms with E-state index < -0.39 is 132 Å². The maximum absolute atomic E-state index is 12.9. The molecule has 2 saturated heterocycles. The molecule has 2 fully saturated rings. The predicted octanol–water partition coefficient (Wildman–Crippen LogP) is -2.41. The summed E-state index contributed by atoms with van der Waals surface area (Å²) in [5.74, 6) is -1.12. The van der Waals surface area contributed by atoms with Crippen LogP contribution in [0.1, 0.15) is 26.5 Å². The summed E-state index contributed by atoms with van der Waals surface area (Å²) in [4.78, 5) is 84.5. The molecule has 0 aliphatic carbocycles. The number of phosphoric acid groups is 4. The Balaban J connectivity index is 1.42. The van der Waals surface area contributed by atoms with Crippen LogP contribution in [0.2, 0.25) is 0 Å². The van der Waals surface area contributed by atoms with Crippen LogP contribution in [0.15, 0.2) is 12.7 Å². The van der Waals surface area contributed by atoms with Gasteiger partial charge in [-0.15, -0.1) is 4.89 Å². The van der Waals surface area contributed by atoms with Crippen LogP contribution in [0.25, 0.3) is 11.2 Å². The first-order valence-corrected chi connectivity index (χ1v) is 25.6. The molecule has 2 aliphatic rings. The van der Waals surface area contributed by atoms with Crippen molar-refractivity contribution in [2.24, 2.45) is 5.41 Å². The fourth-order valence-electron chi connectivity index (χ4n) is 5.53. The van der Waals surface area contributed by atoms with E-state index in [1.54, 1.807) is 0 Å². The lowest BCUT2D eigenvalue weighted by molar-refractivity contribution is -0.219. The fourth-order valence-corrected chi connectivity index (χ4v) is 10.6. The zero-order valence-corrected chi connectivity index (χ0v) is 38.3. The second-order valence-electron chi connectivity index (χ2n) is 14.0. The molecular formula is C26H45N7O25P5S+. The Kier molecular flexibility index (Phi) is 19.1. The number of nitrogens with zero attached hydrogens (tertiary/aromatic N) is 4. The first kappa shape index (κ1) is 54.5. The number of imidazole rings is 1. The van der Waals surface area contributed by atoms with Crippen molar-refractivity contribution >= 4 is 81.0 Å². The SMILES string of the molecule is CC(C)(COP(=O)(O)OP(=O)(O)OC[C@H]1O[C@@H](n2cnc3c(N)ncnc32)[C@H](O[C@@H]2O[C@H](COP(=O)(O)OP(=O)(O)O[P+](=O)O)[C@@H](O)[C@H]2O)[C@@H]1O)[C@@H](O)C(=O)NCCC(=O)NCCS. The maximum Gasteiger partial charge on any atom is 0.705 e. The zero-order chi connectivity index (χ0) is 48.0. The lowest BCUT2D eigenvalue weighted by Crippen LogP contribution is -2.46. The molecule has 5 unspecified atom stereocenters. The normalized spacial score (nSPS) is 28.4. The zero-order valence-electron chi connectivity index (χ0n) is 32.9. The summed E-state index contributed by atoms with van der Waals surface area (Å²) in [7, 11) is -26.2. The molecule has 0 aromatic carbocycles. The average Bonchev–Trinajstić information content (AvgIpc) is 3.83. The minimum atomic E-state index is -5.64. The van der Waals surface area contributed by atoms with Crippen molar-refractivity contribution in [1.29, 1.82) is 0 Å². The molecule has 364 valence electrons. The highest BCUT2D eigenvalue weighted by Gasteiger charge is 2.53. The molecular weight excluding hydrogens is 997 g/mol. The van der Waals surface area contributed by atoms with E-state index in [1.807, 2.05) is 0 Å². The summed E-state index contributed by atoms with van der Waals surface area (Å²) in [6.45, 7) is -0.657. The summed E-state index contributed by atoms with van der Waals surface area (Å²) in [5, 5.41) is 48.1. The predicted molar refractivity (Wildman–Crippen MR) is 210 cm³/mol. The summed E-state index contributed by atoms with van der Waals surface area (Å²) in [6, 6.07) is 0. The van der Waals surface area contributed by atoms with Gasteiger partial charge in [0.05, 0.1) is 26.1 Å². The van der Waals surface area contributed by atoms with E-state index in [0.717, 1.165) is 17.2 Å². The molecule has 0 saturated carbocycles. The number of aliphatic hydroxyl groups excluding tert-OH is 4. The number of carbonyl (C=O) groups excluding carboxylic acids is 2. The molecule has 32 nitrogen and oxygen atoms in total. The average molecular weight is 1040 g/mol. The molecule has 2 aromatic heterocycles. The van der Waals surface area contributed by atoms with E-state index >= 15 is 0 Å². The number of aromatic nitrogens is 4. The van der Waals surface area contributed by atoms with Crippen LogP contribution < -0.4 is 16.4 Å². The van der Waals surface area contributed by atoms with E-state index in [4.69, 9.17) is 33.9 Å². The summed E-state index contributed by atoms with van der Waals surface area (Å²) in [5.41, 5.74) is 4.20. The standard InChI is InChI=1S/C26H44N7O25P5S/c1-26(2,20(38)23(39)29-4-3-14(34)28-5-6-64)9-52-62(46,47)57-60(42,43)51-8-13-17(36)19(24(53-13)33-11-32-15-21(27)30-10-31-22(15)33)55-25-18(37)16(35)12(54-25)7-50-61(44,45)58-63(48,49)56-59(40)41/h10-13,16-20,24-25,35-38H,3-9H2,1-2H3,(H9-,27,28,29,30,31,34,39,40,41,42,43,44,45,46,47,48,49,64)/p+1/t12-,13-,16-,17-,18-,19-,20+,24-,25+/m1/s1. The van der Waals surface area contributed by atoms with Crippen LogP contribution in [0.4, 0.5) is 5.82 Å². The molecule has 64 heavy (non-hydrogen) atoms. The van der Waals surface area contributed by atoms with Crippen LogP contribution in [0.5, 0.6) is 0 Å². The van der Waals surface area contributed by atoms with Gasteiger partial charge in [-0.2, -0.15) is 21.3 Å². The Labute approximate surface area is 366 Å². The van der Waals surface area contributed by atoms with E-state index in [2.05, 4.69) is 55.7 Å². The first-order chi connectivity index (χ1) is 29.6. The molecule has 13 N–H and O–H groups in total. The molecule has 38 heteroatoms. The van der Waals surface area contributed by atoms with Gasteiger partial charge in [0.15, 0.2) is 24.0 Å². The van der Waals surface area contributed by atoms with Crippen molar-refractivity contribution in [3.05, 3.63) is 12.7 Å². The molecule has 14 atom stereocenters. The smallest absolute Gasteiger partial charge is 0.387 e. The van der Waals surface area contributed by atoms with Gasteiger partial charge in [-0.05, 0) is 4.31 Å². The van der Waals surface area contributed by atoms with E-state index in [9.17, 15) is 72.4 Å². The number of nitrogens with two attached hydrogens (primary N) is 1. The molecule has 0 bridgehead atoms. The number of thiol groups is 1. The highest BCUT2D eigenvalue weighted by molar-refractivity contribution is 7.80. The Hall–Kier alpha value is -2.06. The number of phosphoric ester groups is 3. The van der Waals surface area contributed by atoms with Crippen LogP contribution in [-0.2, 0) is 73.1 Å². The quantitative estimate of drug-likeness (QED) is 0.0364. The largest absolute Gasteiger partial charge is 0.705 e. The number of hydrogen-bond acceptors (Lipinski definition) is 25. The van der Waals surface area contributed by atoms with Crippen molar-refractivity contribution in [3.8, 4) is 0 Å². The van der Waals surface area contributed by atoms with Crippen LogP contribution in [0, 0.1) is 5.41 Å². The third-order valence-corrected chi connectivity index (χ3v) is 15.0. The number of carbonyl (C=O) groups is 2. The minimum Gasteiger partial charge on any atom is -0.387 e. The number of hydrogen-bond donors (Lipinski definition) is 13. The van der Waals surface area contributed by atoms with Crippen molar-refractivity contribution in [2.75, 3.05) is 44.4 Å². The van der Waals surface area contributed by atoms with E-state index in [1.165, 1.54) is 13.8 Å². The molecule has 4 rings (SSSR count). The highest BCUT2D eigenvalue weighted by Crippen LogP contribution is 2.64. The van der Waals surface area contributed by atoms with Gasteiger partial charge in [-0.25, -0.2) is 33.2 Å². The van der Waals surface area contributed by atoms with Crippen molar-refractivity contribution < 1.29 is 118 Å². The van der Waals surface area contributed by atoms with Crippen molar-refractivity contribution in [3.63, 3.8) is 0 Å². The third-order valence-electron chi connectivity index (χ3n) is 8.65. The van der Waals surface area contributed by atoms with Gasteiger partial charge in [0, 0.05) is 35.2 Å². The highest BCUT2D eigenvalue weighted by atomic mass is 32.1. The number of nitrogens with one attached hydrogen (secondary N) is 2. The van der Waals surface area contributed by atoms with Gasteiger partial charge >= 0.3 is 39.5 Å². The number of ether oxygens (including phenoxy) is 3. The summed E-state index contributed by atoms with van der Waals surface area (Å²) >= 11 is 3.95. The topological polar surface area (TPSA) is 478 Å². The summed E-state index contributed by atoms with van der Waals surface area (Å²) < 4.78 is 104. The van der Waals surface area contributed by atoms with Gasteiger partial charge < -0.3 is 65.7 Å². The number of nitrogen functional groups attached to an aromatic ring is 1. The number of anilines is 1. The lowest BCUT2D eigenvalue weighted by atomic mass is 9.87. The fraction of sp³-hybridized carbons (Fsp3) is 0.731. The van der Waals surface area contributed by atoms with Gasteiger partial charge in [0.2, 0.25) is 11.8 Å². The van der Waals surface area contributed by atoms with Gasteiger partial charge in [-0.3, -0.25) is 32.6 Å². The first-order valence-electron chi connectivity index (χ1n) is 17.9. The maximum atomic E-state index is 12.9. The molecule has 2 amide bonds. The van der Waals surface area contributed by atoms with E-state index in [0.29, 0.717) is 5.75 Å². The third kappa shape index (κ3) is 15.2. The number of aliphatic hydroxyl groups is 4. The van der Waals surface area contributed by atoms with Crippen LogP contribution in [0.3, 0.4) is 0 Å². The molecule has 0 spiro atoms. The van der Waals surface area contributed by atoms with Crippen molar-refractivity contribution in [2.45, 2.75) is 75.5 Å². The number of fused-ring (bicyclic) bond motifs is 1. The minimum absolute atomic E-state index is 0.0102.